The maximum Gasteiger partial charge on any atom is 0.267 e. The largest absolute Gasteiger partial charge is 0.350 e. The number of amides is 1. The number of rotatable bonds is 5. The number of nitrogens with zero attached hydrogens (tertiary/aromatic N) is 1. The molecule has 3 heteroatoms. The lowest BCUT2D eigenvalue weighted by Gasteiger charge is -2.19. The van der Waals surface area contributed by atoms with Crippen molar-refractivity contribution < 1.29 is 4.79 Å². The smallest absolute Gasteiger partial charge is 0.267 e. The van der Waals surface area contributed by atoms with E-state index in [0.29, 0.717) is 12.2 Å². The zero-order valence-electron chi connectivity index (χ0n) is 13.1. The number of carbonyl (C=O) groups is 1. The SMILES string of the molecule is Cn1cccc1C(=O)NCC(c1ccccc1)c1ccccc1. The van der Waals surface area contributed by atoms with E-state index in [-0.39, 0.29) is 11.8 Å². The van der Waals surface area contributed by atoms with Crippen LogP contribution in [0, 0.1) is 0 Å². The predicted octanol–water partition coefficient (Wildman–Crippen LogP) is 3.59. The summed E-state index contributed by atoms with van der Waals surface area (Å²) in [6.45, 7) is 0.568. The van der Waals surface area contributed by atoms with Gasteiger partial charge in [0.1, 0.15) is 5.69 Å². The summed E-state index contributed by atoms with van der Waals surface area (Å²) in [6.07, 6.45) is 1.88. The van der Waals surface area contributed by atoms with Gasteiger partial charge in [0.05, 0.1) is 0 Å². The molecule has 0 saturated heterocycles. The number of hydrogen-bond acceptors (Lipinski definition) is 1. The molecule has 0 fully saturated rings. The molecule has 3 aromatic rings. The van der Waals surface area contributed by atoms with Gasteiger partial charge in [-0.25, -0.2) is 0 Å². The van der Waals surface area contributed by atoms with Gasteiger partial charge < -0.3 is 9.88 Å². The number of nitrogens with one attached hydrogen (secondary N) is 1. The van der Waals surface area contributed by atoms with Crippen LogP contribution in [-0.2, 0) is 7.05 Å². The number of carbonyl (C=O) groups excluding carboxylic acids is 1. The van der Waals surface area contributed by atoms with E-state index in [9.17, 15) is 4.79 Å². The Morgan fingerprint density at radius 3 is 1.96 bits per heavy atom. The van der Waals surface area contributed by atoms with Crippen LogP contribution in [0.15, 0.2) is 79.0 Å². The van der Waals surface area contributed by atoms with Crippen molar-refractivity contribution in [3.8, 4) is 0 Å². The molecular weight excluding hydrogens is 284 g/mol. The van der Waals surface area contributed by atoms with Gasteiger partial charge in [-0.2, -0.15) is 0 Å². The molecule has 3 nitrogen and oxygen atoms in total. The molecule has 116 valence electrons. The zero-order chi connectivity index (χ0) is 16.1. The first-order chi connectivity index (χ1) is 11.3. The average Bonchev–Trinajstić information content (AvgIpc) is 3.03. The molecule has 0 aliphatic rings. The Morgan fingerprint density at radius 2 is 1.48 bits per heavy atom. The van der Waals surface area contributed by atoms with Crippen LogP contribution in [0.1, 0.15) is 27.5 Å². The third-order valence-electron chi connectivity index (χ3n) is 4.05. The van der Waals surface area contributed by atoms with Crippen LogP contribution in [0.2, 0.25) is 0 Å². The van der Waals surface area contributed by atoms with Crippen molar-refractivity contribution in [2.75, 3.05) is 6.54 Å². The summed E-state index contributed by atoms with van der Waals surface area (Å²) < 4.78 is 1.83. The minimum Gasteiger partial charge on any atom is -0.350 e. The fraction of sp³-hybridized carbons (Fsp3) is 0.150. The number of aromatic nitrogens is 1. The van der Waals surface area contributed by atoms with Gasteiger partial charge in [0.15, 0.2) is 0 Å². The normalized spacial score (nSPS) is 10.7. The monoisotopic (exact) mass is 304 g/mol. The lowest BCUT2D eigenvalue weighted by molar-refractivity contribution is 0.0944. The molecule has 1 heterocycles. The molecule has 0 aliphatic heterocycles. The second-order valence-corrected chi connectivity index (χ2v) is 5.59. The van der Waals surface area contributed by atoms with E-state index in [1.54, 1.807) is 0 Å². The molecule has 1 aromatic heterocycles. The second kappa shape index (κ2) is 6.97. The quantitative estimate of drug-likeness (QED) is 0.768. The Balaban J connectivity index is 1.80. The van der Waals surface area contributed by atoms with Crippen LogP contribution in [0.3, 0.4) is 0 Å². The molecule has 0 radical (unpaired) electrons. The molecule has 1 amide bonds. The lowest BCUT2D eigenvalue weighted by atomic mass is 9.91. The number of hydrogen-bond donors (Lipinski definition) is 1. The third-order valence-corrected chi connectivity index (χ3v) is 4.05. The predicted molar refractivity (Wildman–Crippen MR) is 92.5 cm³/mol. The highest BCUT2D eigenvalue weighted by molar-refractivity contribution is 5.92. The van der Waals surface area contributed by atoms with Crippen molar-refractivity contribution in [2.24, 2.45) is 7.05 Å². The zero-order valence-corrected chi connectivity index (χ0v) is 13.1. The summed E-state index contributed by atoms with van der Waals surface area (Å²) in [7, 11) is 1.88. The van der Waals surface area contributed by atoms with Crippen LogP contribution < -0.4 is 5.32 Å². The molecule has 0 unspecified atom stereocenters. The fourth-order valence-electron chi connectivity index (χ4n) is 2.78. The Hall–Kier alpha value is -2.81. The number of aryl methyl sites for hydroxylation is 1. The van der Waals surface area contributed by atoms with Crippen molar-refractivity contribution in [3.05, 3.63) is 95.8 Å². The van der Waals surface area contributed by atoms with E-state index >= 15 is 0 Å². The first-order valence-corrected chi connectivity index (χ1v) is 7.75. The van der Waals surface area contributed by atoms with Gasteiger partial charge in [0.25, 0.3) is 5.91 Å². The lowest BCUT2D eigenvalue weighted by Crippen LogP contribution is -2.30. The van der Waals surface area contributed by atoms with Crippen LogP contribution in [0.4, 0.5) is 0 Å². The van der Waals surface area contributed by atoms with E-state index in [4.69, 9.17) is 0 Å². The van der Waals surface area contributed by atoms with Crippen LogP contribution >= 0.6 is 0 Å². The van der Waals surface area contributed by atoms with Crippen molar-refractivity contribution in [3.63, 3.8) is 0 Å². The summed E-state index contributed by atoms with van der Waals surface area (Å²) >= 11 is 0. The van der Waals surface area contributed by atoms with Crippen LogP contribution in [0.5, 0.6) is 0 Å². The molecular formula is C20H20N2O. The molecule has 0 aliphatic carbocycles. The second-order valence-electron chi connectivity index (χ2n) is 5.59. The summed E-state index contributed by atoms with van der Waals surface area (Å²) in [5.74, 6) is 0.0935. The molecule has 3 rings (SSSR count). The van der Waals surface area contributed by atoms with Crippen LogP contribution in [-0.4, -0.2) is 17.0 Å². The maximum absolute atomic E-state index is 12.4. The van der Waals surface area contributed by atoms with Gasteiger partial charge in [0.2, 0.25) is 0 Å². The molecule has 23 heavy (non-hydrogen) atoms. The van der Waals surface area contributed by atoms with E-state index in [1.807, 2.05) is 66.3 Å². The van der Waals surface area contributed by atoms with Gasteiger partial charge >= 0.3 is 0 Å². The Labute approximate surface area is 136 Å². The molecule has 2 aromatic carbocycles. The maximum atomic E-state index is 12.4. The van der Waals surface area contributed by atoms with Crippen molar-refractivity contribution in [1.29, 1.82) is 0 Å². The van der Waals surface area contributed by atoms with Gasteiger partial charge in [-0.1, -0.05) is 60.7 Å². The summed E-state index contributed by atoms with van der Waals surface area (Å²) in [5, 5.41) is 3.06. The Bertz CT molecular complexity index is 723. The van der Waals surface area contributed by atoms with Gasteiger partial charge in [-0.15, -0.1) is 0 Å². The summed E-state index contributed by atoms with van der Waals surface area (Å²) in [5.41, 5.74) is 3.07. The van der Waals surface area contributed by atoms with Crippen molar-refractivity contribution >= 4 is 5.91 Å². The van der Waals surface area contributed by atoms with Gasteiger partial charge in [-0.05, 0) is 23.3 Å². The molecule has 0 spiro atoms. The topological polar surface area (TPSA) is 34.0 Å². The highest BCUT2D eigenvalue weighted by Gasteiger charge is 2.16. The first-order valence-electron chi connectivity index (χ1n) is 7.75. The first kappa shape index (κ1) is 15.1. The molecule has 0 saturated carbocycles. The molecule has 0 bridgehead atoms. The van der Waals surface area contributed by atoms with Gasteiger partial charge in [-0.3, -0.25) is 4.79 Å². The van der Waals surface area contributed by atoms with Crippen molar-refractivity contribution in [1.82, 2.24) is 9.88 Å². The van der Waals surface area contributed by atoms with Gasteiger partial charge in [0, 0.05) is 25.7 Å². The average molecular weight is 304 g/mol. The highest BCUT2D eigenvalue weighted by atomic mass is 16.1. The minimum absolute atomic E-state index is 0.0469. The van der Waals surface area contributed by atoms with E-state index in [2.05, 4.69) is 29.6 Å². The Kier molecular flexibility index (Phi) is 4.57. The van der Waals surface area contributed by atoms with E-state index < -0.39 is 0 Å². The number of benzene rings is 2. The highest BCUT2D eigenvalue weighted by Crippen LogP contribution is 2.23. The van der Waals surface area contributed by atoms with Crippen LogP contribution in [0.25, 0.3) is 0 Å². The molecule has 0 atom stereocenters. The van der Waals surface area contributed by atoms with E-state index in [1.165, 1.54) is 11.1 Å². The standard InChI is InChI=1S/C20H20N2O/c1-22-14-8-13-19(22)20(23)21-15-18(16-9-4-2-5-10-16)17-11-6-3-7-12-17/h2-14,18H,15H2,1H3,(H,21,23). The summed E-state index contributed by atoms with van der Waals surface area (Å²) in [4.78, 5) is 12.4. The Morgan fingerprint density at radius 1 is 0.913 bits per heavy atom. The minimum atomic E-state index is -0.0469. The van der Waals surface area contributed by atoms with E-state index in [0.717, 1.165) is 0 Å². The van der Waals surface area contributed by atoms with Crippen molar-refractivity contribution in [2.45, 2.75) is 5.92 Å². The fourth-order valence-corrected chi connectivity index (χ4v) is 2.78. The summed E-state index contributed by atoms with van der Waals surface area (Å²) in [6, 6.07) is 24.3. The third kappa shape index (κ3) is 3.51. The molecule has 1 N–H and O–H groups in total.